The molecule has 0 radical (unpaired) electrons. The number of hydrogen-bond acceptors (Lipinski definition) is 3. The van der Waals surface area contributed by atoms with Gasteiger partial charge in [-0.05, 0) is 19.4 Å². The zero-order chi connectivity index (χ0) is 9.97. The van der Waals surface area contributed by atoms with Crippen LogP contribution in [0, 0.1) is 0 Å². The van der Waals surface area contributed by atoms with Gasteiger partial charge in [-0.3, -0.25) is 9.48 Å². The zero-order valence-electron chi connectivity index (χ0n) is 8.16. The van der Waals surface area contributed by atoms with Crippen molar-refractivity contribution in [2.45, 2.75) is 18.9 Å². The van der Waals surface area contributed by atoms with Gasteiger partial charge in [-0.15, -0.1) is 0 Å². The first-order chi connectivity index (χ1) is 6.75. The molecule has 1 aliphatic heterocycles. The van der Waals surface area contributed by atoms with Crippen LogP contribution in [0.15, 0.2) is 12.3 Å². The smallest absolute Gasteiger partial charge is 0.242 e. The highest BCUT2D eigenvalue weighted by molar-refractivity contribution is 5.94. The molecule has 1 aromatic heterocycles. The van der Waals surface area contributed by atoms with Gasteiger partial charge in [-0.2, -0.15) is 5.10 Å². The summed E-state index contributed by atoms with van der Waals surface area (Å²) in [6.07, 6.45) is 3.79. The summed E-state index contributed by atoms with van der Waals surface area (Å²) in [6.45, 7) is 0.931. The summed E-state index contributed by atoms with van der Waals surface area (Å²) in [5, 5.41) is 9.99. The summed E-state index contributed by atoms with van der Waals surface area (Å²) in [5.74, 6) is 0.632. The number of hydrogen-bond donors (Lipinski definition) is 2. The minimum absolute atomic E-state index is 0.0150. The standard InChI is InChI=1S/C9H14N4O/c1-13-6-4-8(12-13)11-9(14)7-3-2-5-10-7/h4,6-7,10H,2-3,5H2,1H3,(H,11,12,14). The van der Waals surface area contributed by atoms with Crippen molar-refractivity contribution >= 4 is 11.7 Å². The highest BCUT2D eigenvalue weighted by Crippen LogP contribution is 2.08. The molecule has 2 N–H and O–H groups in total. The van der Waals surface area contributed by atoms with Crippen LogP contribution in [0.5, 0.6) is 0 Å². The maximum atomic E-state index is 11.6. The molecule has 1 fully saturated rings. The lowest BCUT2D eigenvalue weighted by Crippen LogP contribution is -2.35. The highest BCUT2D eigenvalue weighted by Gasteiger charge is 2.22. The van der Waals surface area contributed by atoms with Crippen molar-refractivity contribution in [3.8, 4) is 0 Å². The Balaban J connectivity index is 1.93. The molecule has 1 saturated heterocycles. The van der Waals surface area contributed by atoms with Crippen molar-refractivity contribution < 1.29 is 4.79 Å². The molecule has 1 aliphatic rings. The second-order valence-electron chi connectivity index (χ2n) is 3.51. The number of nitrogens with one attached hydrogen (secondary N) is 2. The van der Waals surface area contributed by atoms with Crippen LogP contribution >= 0.6 is 0 Å². The molecule has 1 aromatic rings. The molecule has 0 aliphatic carbocycles. The fourth-order valence-corrected chi connectivity index (χ4v) is 1.60. The third-order valence-corrected chi connectivity index (χ3v) is 2.34. The van der Waals surface area contributed by atoms with Crippen LogP contribution in [0.1, 0.15) is 12.8 Å². The van der Waals surface area contributed by atoms with E-state index >= 15 is 0 Å². The van der Waals surface area contributed by atoms with Crippen molar-refractivity contribution in [1.29, 1.82) is 0 Å². The Morgan fingerprint density at radius 2 is 2.64 bits per heavy atom. The molecule has 0 bridgehead atoms. The third kappa shape index (κ3) is 1.93. The fourth-order valence-electron chi connectivity index (χ4n) is 1.60. The second-order valence-corrected chi connectivity index (χ2v) is 3.51. The Hall–Kier alpha value is -1.36. The minimum Gasteiger partial charge on any atom is -0.308 e. The van der Waals surface area contributed by atoms with E-state index in [9.17, 15) is 4.79 Å². The SMILES string of the molecule is Cn1ccc(NC(=O)C2CCCN2)n1. The van der Waals surface area contributed by atoms with Gasteiger partial charge in [-0.1, -0.05) is 0 Å². The van der Waals surface area contributed by atoms with Gasteiger partial charge in [-0.25, -0.2) is 0 Å². The molecule has 0 spiro atoms. The van der Waals surface area contributed by atoms with E-state index in [1.807, 2.05) is 7.05 Å². The van der Waals surface area contributed by atoms with E-state index in [4.69, 9.17) is 0 Å². The maximum Gasteiger partial charge on any atom is 0.242 e. The average Bonchev–Trinajstić information content (AvgIpc) is 2.75. The molecular weight excluding hydrogens is 180 g/mol. The molecule has 2 rings (SSSR count). The van der Waals surface area contributed by atoms with Gasteiger partial charge in [0, 0.05) is 19.3 Å². The second kappa shape index (κ2) is 3.79. The first-order valence-electron chi connectivity index (χ1n) is 4.79. The monoisotopic (exact) mass is 194 g/mol. The van der Waals surface area contributed by atoms with Crippen LogP contribution in [0.2, 0.25) is 0 Å². The fraction of sp³-hybridized carbons (Fsp3) is 0.556. The van der Waals surface area contributed by atoms with Crippen LogP contribution in [-0.2, 0) is 11.8 Å². The number of carbonyl (C=O) groups excluding carboxylic acids is 1. The molecule has 1 unspecified atom stereocenters. The van der Waals surface area contributed by atoms with Crippen LogP contribution in [0.4, 0.5) is 5.82 Å². The summed E-state index contributed by atoms with van der Waals surface area (Å²) in [7, 11) is 1.82. The van der Waals surface area contributed by atoms with Crippen LogP contribution in [0.25, 0.3) is 0 Å². The molecule has 14 heavy (non-hydrogen) atoms. The molecule has 5 heteroatoms. The molecule has 76 valence electrons. The van der Waals surface area contributed by atoms with E-state index in [0.717, 1.165) is 19.4 Å². The summed E-state index contributed by atoms with van der Waals surface area (Å²) >= 11 is 0. The molecule has 5 nitrogen and oxygen atoms in total. The van der Waals surface area contributed by atoms with Gasteiger partial charge < -0.3 is 10.6 Å². The highest BCUT2D eigenvalue weighted by atomic mass is 16.2. The van der Waals surface area contributed by atoms with Crippen LogP contribution < -0.4 is 10.6 Å². The van der Waals surface area contributed by atoms with E-state index in [-0.39, 0.29) is 11.9 Å². The minimum atomic E-state index is -0.0444. The summed E-state index contributed by atoms with van der Waals surface area (Å²) < 4.78 is 1.66. The molecule has 1 atom stereocenters. The predicted octanol–water partition coefficient (Wildman–Crippen LogP) is 0.111. The van der Waals surface area contributed by atoms with E-state index in [1.54, 1.807) is 16.9 Å². The first-order valence-corrected chi connectivity index (χ1v) is 4.79. The number of carbonyl (C=O) groups is 1. The maximum absolute atomic E-state index is 11.6. The van der Waals surface area contributed by atoms with E-state index in [0.29, 0.717) is 5.82 Å². The quantitative estimate of drug-likeness (QED) is 0.702. The topological polar surface area (TPSA) is 59.0 Å². The number of aryl methyl sites for hydroxylation is 1. The van der Waals surface area contributed by atoms with Crippen molar-refractivity contribution in [1.82, 2.24) is 15.1 Å². The number of aromatic nitrogens is 2. The lowest BCUT2D eigenvalue weighted by molar-refractivity contribution is -0.117. The number of anilines is 1. The lowest BCUT2D eigenvalue weighted by Gasteiger charge is -2.08. The van der Waals surface area contributed by atoms with E-state index < -0.39 is 0 Å². The summed E-state index contributed by atoms with van der Waals surface area (Å²) in [5.41, 5.74) is 0. The Bertz CT molecular complexity index is 327. The van der Waals surface area contributed by atoms with Gasteiger partial charge in [0.25, 0.3) is 0 Å². The summed E-state index contributed by atoms with van der Waals surface area (Å²) in [6, 6.07) is 1.74. The summed E-state index contributed by atoms with van der Waals surface area (Å²) in [4.78, 5) is 11.6. The molecule has 2 heterocycles. The number of nitrogens with zero attached hydrogens (tertiary/aromatic N) is 2. The predicted molar refractivity (Wildman–Crippen MR) is 52.9 cm³/mol. The van der Waals surface area contributed by atoms with Gasteiger partial charge in [0.05, 0.1) is 6.04 Å². The zero-order valence-corrected chi connectivity index (χ0v) is 8.16. The normalized spacial score (nSPS) is 21.1. The van der Waals surface area contributed by atoms with Crippen LogP contribution in [0.3, 0.4) is 0 Å². The van der Waals surface area contributed by atoms with Crippen molar-refractivity contribution in [2.75, 3.05) is 11.9 Å². The van der Waals surface area contributed by atoms with Gasteiger partial charge in [0.1, 0.15) is 0 Å². The Labute approximate surface area is 82.5 Å². The molecular formula is C9H14N4O. The Kier molecular flexibility index (Phi) is 2.49. The first kappa shape index (κ1) is 9.21. The van der Waals surface area contributed by atoms with E-state index in [1.165, 1.54) is 0 Å². The molecule has 0 saturated carbocycles. The van der Waals surface area contributed by atoms with Crippen LogP contribution in [-0.4, -0.2) is 28.3 Å². The van der Waals surface area contributed by atoms with Gasteiger partial charge in [0.2, 0.25) is 5.91 Å². The van der Waals surface area contributed by atoms with Crippen molar-refractivity contribution in [3.05, 3.63) is 12.3 Å². The largest absolute Gasteiger partial charge is 0.308 e. The Morgan fingerprint density at radius 3 is 3.21 bits per heavy atom. The van der Waals surface area contributed by atoms with Crippen molar-refractivity contribution in [3.63, 3.8) is 0 Å². The third-order valence-electron chi connectivity index (χ3n) is 2.34. The number of amides is 1. The average molecular weight is 194 g/mol. The molecule has 1 amide bonds. The van der Waals surface area contributed by atoms with Gasteiger partial charge in [0.15, 0.2) is 5.82 Å². The number of rotatable bonds is 2. The molecule has 0 aromatic carbocycles. The van der Waals surface area contributed by atoms with Gasteiger partial charge >= 0.3 is 0 Å². The van der Waals surface area contributed by atoms with Crippen molar-refractivity contribution in [2.24, 2.45) is 7.05 Å². The Morgan fingerprint density at radius 1 is 1.79 bits per heavy atom. The lowest BCUT2D eigenvalue weighted by atomic mass is 10.2. The van der Waals surface area contributed by atoms with E-state index in [2.05, 4.69) is 15.7 Å².